The number of halogens is 1. The zero-order valence-electron chi connectivity index (χ0n) is 18.7. The van der Waals surface area contributed by atoms with Crippen molar-refractivity contribution in [2.45, 2.75) is 27.2 Å². The van der Waals surface area contributed by atoms with Crippen LogP contribution in [0.4, 0.5) is 16.3 Å². The van der Waals surface area contributed by atoms with Crippen molar-refractivity contribution < 1.29 is 4.79 Å². The summed E-state index contributed by atoms with van der Waals surface area (Å²) in [5, 5.41) is 3.78. The number of piperazine rings is 1. The van der Waals surface area contributed by atoms with E-state index in [2.05, 4.69) is 15.2 Å². The second kappa shape index (κ2) is 9.57. The number of aryl methyl sites for hydroxylation is 3. The molecule has 2 amide bonds. The van der Waals surface area contributed by atoms with Crippen LogP contribution >= 0.6 is 11.6 Å². The molecule has 0 atom stereocenters. The third kappa shape index (κ3) is 4.86. The van der Waals surface area contributed by atoms with E-state index in [-0.39, 0.29) is 6.03 Å². The van der Waals surface area contributed by atoms with Crippen LogP contribution in [0.2, 0.25) is 5.02 Å². The number of amides is 2. The molecule has 166 valence electrons. The van der Waals surface area contributed by atoms with Gasteiger partial charge in [0, 0.05) is 54.6 Å². The lowest BCUT2D eigenvalue weighted by atomic mass is 10.0. The van der Waals surface area contributed by atoms with Crippen LogP contribution in [0.1, 0.15) is 28.2 Å². The van der Waals surface area contributed by atoms with Gasteiger partial charge < -0.3 is 15.1 Å². The van der Waals surface area contributed by atoms with Crippen LogP contribution in [0.3, 0.4) is 0 Å². The Kier molecular flexibility index (Phi) is 6.61. The van der Waals surface area contributed by atoms with Gasteiger partial charge in [0.2, 0.25) is 0 Å². The molecule has 32 heavy (non-hydrogen) atoms. The molecule has 6 nitrogen and oxygen atoms in total. The zero-order chi connectivity index (χ0) is 22.7. The van der Waals surface area contributed by atoms with Crippen molar-refractivity contribution in [3.8, 4) is 0 Å². The van der Waals surface area contributed by atoms with Crippen LogP contribution in [0.25, 0.3) is 0 Å². The van der Waals surface area contributed by atoms with Gasteiger partial charge in [0.15, 0.2) is 0 Å². The Balaban J connectivity index is 1.49. The number of urea groups is 1. The monoisotopic (exact) mass is 449 g/mol. The van der Waals surface area contributed by atoms with Crippen molar-refractivity contribution in [1.29, 1.82) is 0 Å². The summed E-state index contributed by atoms with van der Waals surface area (Å²) in [6.07, 6.45) is 0.676. The molecule has 2 aromatic carbocycles. The van der Waals surface area contributed by atoms with Crippen molar-refractivity contribution in [1.82, 2.24) is 14.9 Å². The number of benzene rings is 2. The third-order valence-electron chi connectivity index (χ3n) is 5.88. The van der Waals surface area contributed by atoms with E-state index in [9.17, 15) is 4.79 Å². The summed E-state index contributed by atoms with van der Waals surface area (Å²) in [7, 11) is 0. The van der Waals surface area contributed by atoms with E-state index in [4.69, 9.17) is 16.6 Å². The van der Waals surface area contributed by atoms with Crippen LogP contribution in [-0.4, -0.2) is 47.1 Å². The Labute approximate surface area is 194 Å². The summed E-state index contributed by atoms with van der Waals surface area (Å²) in [5.41, 5.74) is 5.01. The highest BCUT2D eigenvalue weighted by Crippen LogP contribution is 2.28. The Morgan fingerprint density at radius 2 is 1.66 bits per heavy atom. The zero-order valence-corrected chi connectivity index (χ0v) is 19.5. The van der Waals surface area contributed by atoms with Crippen LogP contribution in [-0.2, 0) is 6.42 Å². The summed E-state index contributed by atoms with van der Waals surface area (Å²) in [6, 6.07) is 15.6. The van der Waals surface area contributed by atoms with Gasteiger partial charge in [-0.25, -0.2) is 14.8 Å². The van der Waals surface area contributed by atoms with Gasteiger partial charge in [0.05, 0.1) is 0 Å². The summed E-state index contributed by atoms with van der Waals surface area (Å²) < 4.78 is 0. The molecular weight excluding hydrogens is 422 g/mol. The molecule has 0 aliphatic carbocycles. The molecule has 4 rings (SSSR count). The van der Waals surface area contributed by atoms with E-state index < -0.39 is 0 Å². The number of hydrogen-bond donors (Lipinski definition) is 1. The molecule has 3 aromatic rings. The first kappa shape index (κ1) is 22.1. The number of aromatic nitrogens is 2. The number of hydrogen-bond acceptors (Lipinski definition) is 4. The van der Waals surface area contributed by atoms with Gasteiger partial charge in [0.25, 0.3) is 0 Å². The standard InChI is InChI=1S/C25H28ClN5O/c1-17-8-4-7-11-23(17)29-25(32)31-14-12-30(13-15-31)24-21(18(2)27-19(3)28-24)16-20-9-5-6-10-22(20)26/h4-11H,12-16H2,1-3H3,(H,29,32). The van der Waals surface area contributed by atoms with E-state index in [1.807, 2.05) is 74.2 Å². The fraction of sp³-hybridized carbons (Fsp3) is 0.320. The fourth-order valence-corrected chi connectivity index (χ4v) is 4.25. The Morgan fingerprint density at radius 3 is 2.38 bits per heavy atom. The third-order valence-corrected chi connectivity index (χ3v) is 6.25. The Morgan fingerprint density at radius 1 is 0.969 bits per heavy atom. The van der Waals surface area contributed by atoms with E-state index in [0.717, 1.165) is 44.7 Å². The van der Waals surface area contributed by atoms with Crippen LogP contribution in [0, 0.1) is 20.8 Å². The van der Waals surface area contributed by atoms with Crippen LogP contribution < -0.4 is 10.2 Å². The quantitative estimate of drug-likeness (QED) is 0.608. The number of carbonyl (C=O) groups excluding carboxylic acids is 1. The number of anilines is 2. The number of nitrogens with one attached hydrogen (secondary N) is 1. The van der Waals surface area contributed by atoms with Crippen molar-refractivity contribution in [3.63, 3.8) is 0 Å². The first-order valence-electron chi connectivity index (χ1n) is 10.9. The molecule has 0 radical (unpaired) electrons. The largest absolute Gasteiger partial charge is 0.353 e. The molecule has 0 unspecified atom stereocenters. The second-order valence-corrected chi connectivity index (χ2v) is 8.55. The van der Waals surface area contributed by atoms with Gasteiger partial charge >= 0.3 is 6.03 Å². The minimum atomic E-state index is -0.0645. The molecule has 1 aliphatic heterocycles. The first-order chi connectivity index (χ1) is 15.4. The lowest BCUT2D eigenvalue weighted by Gasteiger charge is -2.36. The number of carbonyl (C=O) groups is 1. The molecule has 1 fully saturated rings. The minimum absolute atomic E-state index is 0.0645. The SMILES string of the molecule is Cc1nc(C)c(Cc2ccccc2Cl)c(N2CCN(C(=O)Nc3ccccc3C)CC2)n1. The van der Waals surface area contributed by atoms with E-state index in [1.54, 1.807) is 0 Å². The van der Waals surface area contributed by atoms with Crippen LogP contribution in [0.5, 0.6) is 0 Å². The molecule has 1 aromatic heterocycles. The van der Waals surface area contributed by atoms with Gasteiger partial charge in [-0.05, 0) is 44.0 Å². The lowest BCUT2D eigenvalue weighted by Crippen LogP contribution is -2.50. The van der Waals surface area contributed by atoms with E-state index >= 15 is 0 Å². The Bertz CT molecular complexity index is 1130. The molecule has 0 saturated carbocycles. The summed E-state index contributed by atoms with van der Waals surface area (Å²) in [5.74, 6) is 1.69. The summed E-state index contributed by atoms with van der Waals surface area (Å²) in [4.78, 5) is 26.3. The highest BCUT2D eigenvalue weighted by atomic mass is 35.5. The molecule has 0 bridgehead atoms. The smallest absolute Gasteiger partial charge is 0.321 e. The number of rotatable bonds is 4. The van der Waals surface area contributed by atoms with Crippen molar-refractivity contribution in [3.05, 3.63) is 81.8 Å². The van der Waals surface area contributed by atoms with E-state index in [0.29, 0.717) is 32.6 Å². The first-order valence-corrected chi connectivity index (χ1v) is 11.2. The van der Waals surface area contributed by atoms with Crippen molar-refractivity contribution in [2.24, 2.45) is 0 Å². The maximum absolute atomic E-state index is 12.8. The average molecular weight is 450 g/mol. The molecule has 1 N–H and O–H groups in total. The lowest BCUT2D eigenvalue weighted by molar-refractivity contribution is 0.208. The van der Waals surface area contributed by atoms with E-state index in [1.165, 1.54) is 0 Å². The molecule has 7 heteroatoms. The highest BCUT2D eigenvalue weighted by Gasteiger charge is 2.25. The van der Waals surface area contributed by atoms with Gasteiger partial charge in [0.1, 0.15) is 11.6 Å². The molecule has 1 saturated heterocycles. The number of nitrogens with zero attached hydrogens (tertiary/aromatic N) is 4. The van der Waals surface area contributed by atoms with Crippen molar-refractivity contribution in [2.75, 3.05) is 36.4 Å². The maximum atomic E-state index is 12.8. The van der Waals surface area contributed by atoms with Crippen LogP contribution in [0.15, 0.2) is 48.5 Å². The van der Waals surface area contributed by atoms with Crippen molar-refractivity contribution >= 4 is 29.1 Å². The van der Waals surface area contributed by atoms with Gasteiger partial charge in [-0.1, -0.05) is 48.0 Å². The normalized spacial score (nSPS) is 13.9. The highest BCUT2D eigenvalue weighted by molar-refractivity contribution is 6.31. The number of para-hydroxylation sites is 1. The predicted molar refractivity (Wildman–Crippen MR) is 130 cm³/mol. The average Bonchev–Trinajstić information content (AvgIpc) is 2.78. The van der Waals surface area contributed by atoms with Gasteiger partial charge in [-0.15, -0.1) is 0 Å². The van der Waals surface area contributed by atoms with Gasteiger partial charge in [-0.2, -0.15) is 0 Å². The topological polar surface area (TPSA) is 61.4 Å². The fourth-order valence-electron chi connectivity index (χ4n) is 4.05. The Hall–Kier alpha value is -3.12. The summed E-state index contributed by atoms with van der Waals surface area (Å²) in [6.45, 7) is 8.63. The molecule has 1 aliphatic rings. The molecular formula is C25H28ClN5O. The molecule has 0 spiro atoms. The second-order valence-electron chi connectivity index (χ2n) is 8.15. The van der Waals surface area contributed by atoms with Gasteiger partial charge in [-0.3, -0.25) is 0 Å². The maximum Gasteiger partial charge on any atom is 0.321 e. The molecule has 2 heterocycles. The summed E-state index contributed by atoms with van der Waals surface area (Å²) >= 11 is 6.42. The minimum Gasteiger partial charge on any atom is -0.353 e. The predicted octanol–water partition coefficient (Wildman–Crippen LogP) is 5.00.